The van der Waals surface area contributed by atoms with Crippen molar-refractivity contribution in [3.63, 3.8) is 0 Å². The molecule has 0 radical (unpaired) electrons. The van der Waals surface area contributed by atoms with Crippen LogP contribution in [-0.4, -0.2) is 36.5 Å². The second kappa shape index (κ2) is 8.85. The number of nitrogens with zero attached hydrogens (tertiary/aromatic N) is 1. The van der Waals surface area contributed by atoms with E-state index in [9.17, 15) is 18.8 Å². The molecule has 4 aromatic carbocycles. The van der Waals surface area contributed by atoms with Crippen molar-refractivity contribution in [2.75, 3.05) is 12.0 Å². The number of Topliss-reactive ketones (excluding diaryl/α,β-unsaturated/α-hetero) is 3. The molecule has 196 valence electrons. The van der Waals surface area contributed by atoms with Crippen LogP contribution in [0, 0.1) is 11.2 Å². The molecule has 1 aliphatic carbocycles. The molecule has 40 heavy (non-hydrogen) atoms. The molecule has 2 heterocycles. The topological polar surface area (TPSA) is 63.7 Å². The SMILES string of the molecule is COc1cccc([C@@H]2[C@@H](C(=O)c3ccc(F)cc3)N3c4ccccc4C=C[C@@H]3C23C(=O)c2ccccc2C3=O)c1. The highest BCUT2D eigenvalue weighted by molar-refractivity contribution is 6.32. The number of hydrogen-bond acceptors (Lipinski definition) is 5. The summed E-state index contributed by atoms with van der Waals surface area (Å²) in [4.78, 5) is 45.7. The van der Waals surface area contributed by atoms with Gasteiger partial charge in [0.05, 0.1) is 13.2 Å². The third-order valence-corrected chi connectivity index (χ3v) is 8.56. The maximum absolute atomic E-state index is 14.6. The molecular weight excluding hydrogens is 505 g/mol. The van der Waals surface area contributed by atoms with Crippen molar-refractivity contribution in [1.29, 1.82) is 0 Å². The largest absolute Gasteiger partial charge is 0.497 e. The Morgan fingerprint density at radius 2 is 1.52 bits per heavy atom. The fourth-order valence-electron chi connectivity index (χ4n) is 6.91. The van der Waals surface area contributed by atoms with Crippen LogP contribution in [0.4, 0.5) is 10.1 Å². The van der Waals surface area contributed by atoms with Gasteiger partial charge in [-0.15, -0.1) is 0 Å². The number of ketones is 3. The van der Waals surface area contributed by atoms with Crippen LogP contribution in [0.1, 0.15) is 48.1 Å². The molecule has 0 saturated carbocycles. The van der Waals surface area contributed by atoms with Crippen molar-refractivity contribution in [3.8, 4) is 5.75 Å². The molecule has 3 atom stereocenters. The fraction of sp³-hybridized carbons (Fsp3) is 0.147. The number of ether oxygens (including phenoxy) is 1. The number of methoxy groups -OCH3 is 1. The Kier molecular flexibility index (Phi) is 5.36. The lowest BCUT2D eigenvalue weighted by atomic mass is 9.64. The number of rotatable bonds is 4. The first-order valence-corrected chi connectivity index (χ1v) is 13.1. The molecule has 1 spiro atoms. The molecule has 0 amide bonds. The maximum Gasteiger partial charge on any atom is 0.185 e. The van der Waals surface area contributed by atoms with E-state index in [-0.39, 0.29) is 17.3 Å². The van der Waals surface area contributed by atoms with Crippen LogP contribution in [-0.2, 0) is 0 Å². The van der Waals surface area contributed by atoms with Gasteiger partial charge in [-0.3, -0.25) is 14.4 Å². The first-order chi connectivity index (χ1) is 19.5. The number of anilines is 1. The van der Waals surface area contributed by atoms with Gasteiger partial charge in [-0.2, -0.15) is 0 Å². The van der Waals surface area contributed by atoms with Crippen LogP contribution in [0.25, 0.3) is 6.08 Å². The van der Waals surface area contributed by atoms with Gasteiger partial charge < -0.3 is 9.64 Å². The van der Waals surface area contributed by atoms with E-state index in [2.05, 4.69) is 0 Å². The first kappa shape index (κ1) is 24.2. The van der Waals surface area contributed by atoms with Gasteiger partial charge in [-0.1, -0.05) is 66.7 Å². The number of carbonyl (C=O) groups excluding carboxylic acids is 3. The smallest absolute Gasteiger partial charge is 0.185 e. The maximum atomic E-state index is 14.6. The van der Waals surface area contributed by atoms with E-state index >= 15 is 0 Å². The zero-order valence-electron chi connectivity index (χ0n) is 21.6. The fourth-order valence-corrected chi connectivity index (χ4v) is 6.91. The Labute approximate surface area is 230 Å². The van der Waals surface area contributed by atoms with Crippen molar-refractivity contribution >= 4 is 29.1 Å². The number of para-hydroxylation sites is 1. The molecule has 5 nitrogen and oxygen atoms in total. The predicted molar refractivity (Wildman–Crippen MR) is 150 cm³/mol. The van der Waals surface area contributed by atoms with Gasteiger partial charge in [0.15, 0.2) is 17.3 Å². The molecule has 1 fully saturated rings. The molecule has 1 saturated heterocycles. The standard InChI is InChI=1S/C34H24FNO4/c1-40-24-9-6-8-22(19-24)29-30(31(37)21-13-16-23(35)17-14-21)36-27-12-5-2-7-20(27)15-18-28(36)34(29)32(38)25-10-3-4-11-26(25)33(34)39/h2-19,28-30H,1H3/t28-,29-,30+/m1/s1. The first-order valence-electron chi connectivity index (χ1n) is 13.1. The third-order valence-electron chi connectivity index (χ3n) is 8.56. The van der Waals surface area contributed by atoms with Gasteiger partial charge in [0.2, 0.25) is 0 Å². The van der Waals surface area contributed by atoms with E-state index in [1.165, 1.54) is 24.3 Å². The van der Waals surface area contributed by atoms with Gasteiger partial charge in [0.1, 0.15) is 23.0 Å². The number of hydrogen-bond donors (Lipinski definition) is 0. The average Bonchev–Trinajstić information content (AvgIpc) is 3.43. The summed E-state index contributed by atoms with van der Waals surface area (Å²) in [6.45, 7) is 0. The third kappa shape index (κ3) is 3.16. The lowest BCUT2D eigenvalue weighted by molar-refractivity contribution is 0.0665. The van der Waals surface area contributed by atoms with Gasteiger partial charge in [0, 0.05) is 28.3 Å². The Bertz CT molecular complexity index is 1710. The summed E-state index contributed by atoms with van der Waals surface area (Å²) in [7, 11) is 1.55. The van der Waals surface area contributed by atoms with E-state index in [0.29, 0.717) is 28.0 Å². The predicted octanol–water partition coefficient (Wildman–Crippen LogP) is 6.15. The van der Waals surface area contributed by atoms with E-state index in [0.717, 1.165) is 11.3 Å². The highest BCUT2D eigenvalue weighted by Gasteiger charge is 2.71. The van der Waals surface area contributed by atoms with Crippen LogP contribution >= 0.6 is 0 Å². The van der Waals surface area contributed by atoms with Crippen molar-refractivity contribution < 1.29 is 23.5 Å². The van der Waals surface area contributed by atoms with Crippen LogP contribution in [0.2, 0.25) is 0 Å². The molecule has 4 aromatic rings. The molecule has 6 heteroatoms. The average molecular weight is 530 g/mol. The monoisotopic (exact) mass is 529 g/mol. The zero-order valence-corrected chi connectivity index (χ0v) is 21.6. The summed E-state index contributed by atoms with van der Waals surface area (Å²) < 4.78 is 19.4. The quantitative estimate of drug-likeness (QED) is 0.234. The Morgan fingerprint density at radius 3 is 2.23 bits per heavy atom. The number of carbonyl (C=O) groups is 3. The summed E-state index contributed by atoms with van der Waals surface area (Å²) in [5.41, 5.74) is 1.72. The van der Waals surface area contributed by atoms with E-state index in [4.69, 9.17) is 4.74 Å². The minimum Gasteiger partial charge on any atom is -0.497 e. The zero-order chi connectivity index (χ0) is 27.6. The molecule has 0 aromatic heterocycles. The highest BCUT2D eigenvalue weighted by Crippen LogP contribution is 2.61. The molecular formula is C34H24FNO4. The molecule has 0 N–H and O–H groups in total. The number of halogens is 1. The summed E-state index contributed by atoms with van der Waals surface area (Å²) in [6.07, 6.45) is 3.81. The highest BCUT2D eigenvalue weighted by atomic mass is 19.1. The van der Waals surface area contributed by atoms with Crippen molar-refractivity contribution in [3.05, 3.63) is 137 Å². The second-order valence-corrected chi connectivity index (χ2v) is 10.4. The van der Waals surface area contributed by atoms with E-state index < -0.39 is 29.2 Å². The van der Waals surface area contributed by atoms with Crippen LogP contribution in [0.5, 0.6) is 5.75 Å². The summed E-state index contributed by atoms with van der Waals surface area (Å²) >= 11 is 0. The van der Waals surface area contributed by atoms with E-state index in [1.54, 1.807) is 49.6 Å². The lowest BCUT2D eigenvalue weighted by Crippen LogP contribution is -2.48. The van der Waals surface area contributed by atoms with E-state index in [1.807, 2.05) is 47.4 Å². The molecule has 2 aliphatic heterocycles. The van der Waals surface area contributed by atoms with Crippen molar-refractivity contribution in [1.82, 2.24) is 0 Å². The van der Waals surface area contributed by atoms with Crippen LogP contribution in [0.15, 0.2) is 103 Å². The number of fused-ring (bicyclic) bond motifs is 5. The second-order valence-electron chi connectivity index (χ2n) is 10.4. The summed E-state index contributed by atoms with van der Waals surface area (Å²) in [6, 6.07) is 25.5. The molecule has 0 unspecified atom stereocenters. The van der Waals surface area contributed by atoms with Crippen LogP contribution < -0.4 is 9.64 Å². The van der Waals surface area contributed by atoms with Gasteiger partial charge >= 0.3 is 0 Å². The normalized spacial score (nSPS) is 21.8. The van der Waals surface area contributed by atoms with Crippen LogP contribution in [0.3, 0.4) is 0 Å². The lowest BCUT2D eigenvalue weighted by Gasteiger charge is -2.37. The Hall–Kier alpha value is -4.84. The minimum absolute atomic E-state index is 0.295. The summed E-state index contributed by atoms with van der Waals surface area (Å²) in [5.74, 6) is -1.64. The Balaban J connectivity index is 1.55. The number of benzene rings is 4. The molecule has 0 bridgehead atoms. The summed E-state index contributed by atoms with van der Waals surface area (Å²) in [5, 5.41) is 0. The van der Waals surface area contributed by atoms with Gasteiger partial charge in [-0.05, 0) is 53.6 Å². The molecule has 3 aliphatic rings. The minimum atomic E-state index is -1.60. The van der Waals surface area contributed by atoms with Crippen molar-refractivity contribution in [2.24, 2.45) is 5.41 Å². The van der Waals surface area contributed by atoms with Crippen molar-refractivity contribution in [2.45, 2.75) is 18.0 Å². The van der Waals surface area contributed by atoms with Gasteiger partial charge in [-0.25, -0.2) is 4.39 Å². The Morgan fingerprint density at radius 1 is 0.850 bits per heavy atom. The molecule has 7 rings (SSSR count). The van der Waals surface area contributed by atoms with Gasteiger partial charge in [0.25, 0.3) is 0 Å².